The van der Waals surface area contributed by atoms with E-state index in [9.17, 15) is 9.90 Å². The van der Waals surface area contributed by atoms with Gasteiger partial charge in [-0.25, -0.2) is 4.79 Å². The molecular weight excluding hydrogens is 272 g/mol. The standard InChI is InChI=1S/C16H22O3S/c1-12(15(18)19-4)10-14(17)16(2,3)20-11-13-8-6-5-7-9-13/h5-9,14,17H,1,10-11H2,2-4H3. The van der Waals surface area contributed by atoms with Crippen LogP contribution in [0, 0.1) is 0 Å². The fourth-order valence-corrected chi connectivity index (χ4v) is 2.65. The quantitative estimate of drug-likeness (QED) is 0.620. The highest BCUT2D eigenvalue weighted by Gasteiger charge is 2.30. The molecule has 0 aliphatic carbocycles. The Morgan fingerprint density at radius 2 is 2.00 bits per heavy atom. The third kappa shape index (κ3) is 5.02. The van der Waals surface area contributed by atoms with Crippen molar-refractivity contribution in [2.24, 2.45) is 0 Å². The zero-order valence-corrected chi connectivity index (χ0v) is 13.1. The molecule has 1 aromatic carbocycles. The second-order valence-electron chi connectivity index (χ2n) is 5.19. The minimum Gasteiger partial charge on any atom is -0.466 e. The lowest BCUT2D eigenvalue weighted by Gasteiger charge is -2.30. The van der Waals surface area contributed by atoms with Crippen molar-refractivity contribution in [1.29, 1.82) is 0 Å². The molecule has 1 aromatic rings. The van der Waals surface area contributed by atoms with Gasteiger partial charge in [0.15, 0.2) is 0 Å². The van der Waals surface area contributed by atoms with Gasteiger partial charge in [-0.05, 0) is 19.4 Å². The van der Waals surface area contributed by atoms with Crippen LogP contribution in [0.3, 0.4) is 0 Å². The van der Waals surface area contributed by atoms with Crippen LogP contribution in [0.15, 0.2) is 42.5 Å². The summed E-state index contributed by atoms with van der Waals surface area (Å²) in [5, 5.41) is 10.3. The number of ether oxygens (including phenoxy) is 1. The smallest absolute Gasteiger partial charge is 0.333 e. The molecule has 0 spiro atoms. The average Bonchev–Trinajstić information content (AvgIpc) is 2.45. The highest BCUT2D eigenvalue weighted by molar-refractivity contribution is 7.99. The van der Waals surface area contributed by atoms with Crippen LogP contribution in [-0.2, 0) is 15.3 Å². The molecule has 0 amide bonds. The molecule has 0 radical (unpaired) electrons. The van der Waals surface area contributed by atoms with Crippen LogP contribution in [0.5, 0.6) is 0 Å². The van der Waals surface area contributed by atoms with Gasteiger partial charge >= 0.3 is 5.97 Å². The number of carbonyl (C=O) groups is 1. The summed E-state index contributed by atoms with van der Waals surface area (Å²) in [6, 6.07) is 10.1. The van der Waals surface area contributed by atoms with Gasteiger partial charge in [-0.3, -0.25) is 0 Å². The number of aliphatic hydroxyl groups is 1. The summed E-state index contributed by atoms with van der Waals surface area (Å²) in [6.45, 7) is 7.59. The Labute approximate surface area is 125 Å². The summed E-state index contributed by atoms with van der Waals surface area (Å²) in [6.07, 6.45) is -0.427. The Balaban J connectivity index is 2.54. The molecule has 0 bridgehead atoms. The van der Waals surface area contributed by atoms with E-state index >= 15 is 0 Å². The molecule has 110 valence electrons. The van der Waals surface area contributed by atoms with Crippen molar-refractivity contribution in [3.63, 3.8) is 0 Å². The zero-order chi connectivity index (χ0) is 15.2. The van der Waals surface area contributed by atoms with Crippen LogP contribution in [0.2, 0.25) is 0 Å². The van der Waals surface area contributed by atoms with Crippen LogP contribution in [-0.4, -0.2) is 29.0 Å². The van der Waals surface area contributed by atoms with Crippen LogP contribution in [0.1, 0.15) is 25.8 Å². The number of hydrogen-bond acceptors (Lipinski definition) is 4. The van der Waals surface area contributed by atoms with Gasteiger partial charge in [0.2, 0.25) is 0 Å². The number of hydrogen-bond donors (Lipinski definition) is 1. The first kappa shape index (κ1) is 16.8. The van der Waals surface area contributed by atoms with E-state index in [0.29, 0.717) is 5.57 Å². The van der Waals surface area contributed by atoms with Crippen LogP contribution >= 0.6 is 11.8 Å². The second kappa shape index (κ2) is 7.50. The van der Waals surface area contributed by atoms with Gasteiger partial charge in [-0.2, -0.15) is 0 Å². The van der Waals surface area contributed by atoms with Crippen molar-refractivity contribution in [1.82, 2.24) is 0 Å². The van der Waals surface area contributed by atoms with Crippen LogP contribution in [0.4, 0.5) is 0 Å². The predicted molar refractivity (Wildman–Crippen MR) is 83.6 cm³/mol. The van der Waals surface area contributed by atoms with E-state index < -0.39 is 12.1 Å². The fourth-order valence-electron chi connectivity index (χ4n) is 1.65. The van der Waals surface area contributed by atoms with E-state index in [0.717, 1.165) is 5.75 Å². The Kier molecular flexibility index (Phi) is 6.30. The number of methoxy groups -OCH3 is 1. The minimum atomic E-state index is -0.650. The molecule has 0 aromatic heterocycles. The van der Waals surface area contributed by atoms with E-state index in [1.807, 2.05) is 32.0 Å². The van der Waals surface area contributed by atoms with Crippen molar-refractivity contribution >= 4 is 17.7 Å². The predicted octanol–water partition coefficient (Wildman–Crippen LogP) is 3.18. The summed E-state index contributed by atoms with van der Waals surface area (Å²) >= 11 is 1.66. The molecule has 0 aliphatic rings. The van der Waals surface area contributed by atoms with Crippen molar-refractivity contribution < 1.29 is 14.6 Å². The first-order chi connectivity index (χ1) is 9.36. The minimum absolute atomic E-state index is 0.224. The maximum absolute atomic E-state index is 11.3. The topological polar surface area (TPSA) is 46.5 Å². The molecule has 1 atom stereocenters. The molecular formula is C16H22O3S. The molecule has 3 nitrogen and oxygen atoms in total. The normalized spacial score (nSPS) is 12.8. The first-order valence-electron chi connectivity index (χ1n) is 6.49. The third-order valence-electron chi connectivity index (χ3n) is 3.17. The summed E-state index contributed by atoms with van der Waals surface area (Å²) < 4.78 is 4.23. The number of carbonyl (C=O) groups excluding carboxylic acids is 1. The van der Waals surface area contributed by atoms with E-state index in [1.165, 1.54) is 12.7 Å². The molecule has 0 heterocycles. The van der Waals surface area contributed by atoms with Crippen molar-refractivity contribution in [3.8, 4) is 0 Å². The maximum atomic E-state index is 11.3. The average molecular weight is 294 g/mol. The molecule has 0 fully saturated rings. The first-order valence-corrected chi connectivity index (χ1v) is 7.47. The van der Waals surface area contributed by atoms with Gasteiger partial charge in [0, 0.05) is 22.5 Å². The van der Waals surface area contributed by atoms with E-state index in [-0.39, 0.29) is 11.2 Å². The highest BCUT2D eigenvalue weighted by atomic mass is 32.2. The van der Waals surface area contributed by atoms with Crippen molar-refractivity contribution in [2.45, 2.75) is 36.9 Å². The number of rotatable bonds is 7. The summed E-state index contributed by atoms with van der Waals surface area (Å²) in [5.74, 6) is 0.350. The Morgan fingerprint density at radius 1 is 1.40 bits per heavy atom. The molecule has 0 aliphatic heterocycles. The van der Waals surface area contributed by atoms with E-state index in [1.54, 1.807) is 11.8 Å². The molecule has 1 rings (SSSR count). The van der Waals surface area contributed by atoms with Crippen LogP contribution < -0.4 is 0 Å². The Hall–Kier alpha value is -1.26. The molecule has 1 unspecified atom stereocenters. The highest BCUT2D eigenvalue weighted by Crippen LogP contribution is 2.33. The summed E-state index contributed by atoms with van der Waals surface area (Å²) in [4.78, 5) is 11.3. The largest absolute Gasteiger partial charge is 0.466 e. The van der Waals surface area contributed by atoms with Gasteiger partial charge < -0.3 is 9.84 Å². The molecule has 1 N–H and O–H groups in total. The van der Waals surface area contributed by atoms with Gasteiger partial charge in [0.25, 0.3) is 0 Å². The Bertz CT molecular complexity index is 454. The third-order valence-corrected chi connectivity index (χ3v) is 4.66. The summed E-state index contributed by atoms with van der Waals surface area (Å²) in [5.41, 5.74) is 1.51. The molecule has 0 saturated heterocycles. The fraction of sp³-hybridized carbons (Fsp3) is 0.438. The van der Waals surface area contributed by atoms with Crippen LogP contribution in [0.25, 0.3) is 0 Å². The van der Waals surface area contributed by atoms with Crippen molar-refractivity contribution in [2.75, 3.05) is 7.11 Å². The van der Waals surface area contributed by atoms with Gasteiger partial charge in [-0.1, -0.05) is 36.9 Å². The zero-order valence-electron chi connectivity index (χ0n) is 12.3. The molecule has 20 heavy (non-hydrogen) atoms. The van der Waals surface area contributed by atoms with E-state index in [2.05, 4.69) is 23.4 Å². The number of benzene rings is 1. The monoisotopic (exact) mass is 294 g/mol. The lowest BCUT2D eigenvalue weighted by molar-refractivity contribution is -0.136. The number of aliphatic hydroxyl groups excluding tert-OH is 1. The molecule has 4 heteroatoms. The maximum Gasteiger partial charge on any atom is 0.333 e. The number of esters is 1. The second-order valence-corrected chi connectivity index (χ2v) is 6.82. The van der Waals surface area contributed by atoms with E-state index in [4.69, 9.17) is 0 Å². The lowest BCUT2D eigenvalue weighted by atomic mass is 9.99. The van der Waals surface area contributed by atoms with Crippen molar-refractivity contribution in [3.05, 3.63) is 48.0 Å². The SMILES string of the molecule is C=C(CC(O)C(C)(C)SCc1ccccc1)C(=O)OC. The Morgan fingerprint density at radius 3 is 2.55 bits per heavy atom. The lowest BCUT2D eigenvalue weighted by Crippen LogP contribution is -2.34. The number of thioether (sulfide) groups is 1. The van der Waals surface area contributed by atoms with Gasteiger partial charge in [0.05, 0.1) is 13.2 Å². The molecule has 0 saturated carbocycles. The summed E-state index contributed by atoms with van der Waals surface area (Å²) in [7, 11) is 1.31. The van der Waals surface area contributed by atoms with Gasteiger partial charge in [0.1, 0.15) is 0 Å². The van der Waals surface area contributed by atoms with Gasteiger partial charge in [-0.15, -0.1) is 11.8 Å².